The molecule has 1 atom stereocenters. The second kappa shape index (κ2) is 8.28. The van der Waals surface area contributed by atoms with E-state index >= 15 is 0 Å². The van der Waals surface area contributed by atoms with Crippen molar-refractivity contribution < 1.29 is 14.2 Å². The van der Waals surface area contributed by atoms with E-state index in [2.05, 4.69) is 36.6 Å². The Kier molecular flexibility index (Phi) is 6.02. The van der Waals surface area contributed by atoms with Gasteiger partial charge in [0.1, 0.15) is 12.7 Å². The fourth-order valence-corrected chi connectivity index (χ4v) is 3.61. The summed E-state index contributed by atoms with van der Waals surface area (Å²) in [5.41, 5.74) is 5.49. The van der Waals surface area contributed by atoms with Gasteiger partial charge in [0.05, 0.1) is 12.3 Å². The number of aryl methyl sites for hydroxylation is 1. The van der Waals surface area contributed by atoms with Crippen molar-refractivity contribution in [1.82, 2.24) is 4.57 Å². The van der Waals surface area contributed by atoms with Crippen LogP contribution in [0, 0.1) is 6.92 Å². The molecule has 1 aliphatic rings. The van der Waals surface area contributed by atoms with Crippen molar-refractivity contribution in [3.05, 3.63) is 51.2 Å². The van der Waals surface area contributed by atoms with Gasteiger partial charge in [-0.25, -0.2) is 0 Å². The molecule has 27 heavy (non-hydrogen) atoms. The molecule has 0 unspecified atom stereocenters. The molecule has 0 radical (unpaired) electrons. The molecule has 0 fully saturated rings. The second-order valence-electron chi connectivity index (χ2n) is 7.42. The summed E-state index contributed by atoms with van der Waals surface area (Å²) in [5, 5.41) is 0. The summed E-state index contributed by atoms with van der Waals surface area (Å²) in [6.45, 7) is 7.87. The first-order valence-electron chi connectivity index (χ1n) is 9.48. The highest BCUT2D eigenvalue weighted by Gasteiger charge is 2.23. The van der Waals surface area contributed by atoms with Crippen LogP contribution < -0.4 is 10.2 Å². The van der Waals surface area contributed by atoms with E-state index in [9.17, 15) is 4.79 Å². The van der Waals surface area contributed by atoms with E-state index in [-0.39, 0.29) is 11.5 Å². The number of aromatic nitrogens is 1. The maximum Gasteiger partial charge on any atom is 0.197 e. The summed E-state index contributed by atoms with van der Waals surface area (Å²) >= 11 is 0. The van der Waals surface area contributed by atoms with Crippen LogP contribution in [-0.2, 0) is 22.4 Å². The summed E-state index contributed by atoms with van der Waals surface area (Å²) in [4.78, 5) is 12.6. The first-order chi connectivity index (χ1) is 13.0. The number of benzene rings is 1. The van der Waals surface area contributed by atoms with Crippen LogP contribution in [0.2, 0.25) is 0 Å². The van der Waals surface area contributed by atoms with Crippen LogP contribution in [0.1, 0.15) is 36.5 Å². The SMILES string of the molecule is COC[C@@H](COc1cc(=O)c(C)c2n1CCc1cc(C(C)C)ccc1-2)OC. The molecular formula is C22H29NO4. The standard InChI is InChI=1S/C22H29NO4/c1-14(2)16-6-7-19-17(10-16)8-9-23-21(11-20(24)15(3)22(19)23)27-13-18(26-5)12-25-4/h6-7,10-11,14,18H,8-9,12-13H2,1-5H3/t18-/m0/s1. The third-order valence-electron chi connectivity index (χ3n) is 5.27. The fraction of sp³-hybridized carbons (Fsp3) is 0.500. The molecule has 5 heteroatoms. The minimum Gasteiger partial charge on any atom is -0.476 e. The molecule has 0 aliphatic carbocycles. The van der Waals surface area contributed by atoms with E-state index in [4.69, 9.17) is 14.2 Å². The number of hydrogen-bond acceptors (Lipinski definition) is 4. The molecule has 2 heterocycles. The minimum atomic E-state index is -0.174. The Hall–Kier alpha value is -2.11. The van der Waals surface area contributed by atoms with Crippen LogP contribution in [0.3, 0.4) is 0 Å². The van der Waals surface area contributed by atoms with Crippen LogP contribution in [0.4, 0.5) is 0 Å². The molecule has 146 valence electrons. The largest absolute Gasteiger partial charge is 0.476 e. The van der Waals surface area contributed by atoms with Gasteiger partial charge in [-0.05, 0) is 30.4 Å². The molecule has 2 aromatic rings. The Bertz CT molecular complexity index is 869. The first-order valence-corrected chi connectivity index (χ1v) is 9.48. The predicted octanol–water partition coefficient (Wildman–Crippen LogP) is 3.54. The van der Waals surface area contributed by atoms with Crippen LogP contribution in [0.25, 0.3) is 11.3 Å². The Balaban J connectivity index is 2.01. The van der Waals surface area contributed by atoms with E-state index in [1.165, 1.54) is 11.1 Å². The third kappa shape index (κ3) is 3.94. The van der Waals surface area contributed by atoms with Gasteiger partial charge in [0.25, 0.3) is 0 Å². The summed E-state index contributed by atoms with van der Waals surface area (Å²) < 4.78 is 18.6. The van der Waals surface area contributed by atoms with E-state index in [1.54, 1.807) is 20.3 Å². The van der Waals surface area contributed by atoms with Crippen LogP contribution in [-0.4, -0.2) is 38.1 Å². The number of hydrogen-bond donors (Lipinski definition) is 0. The Labute approximate surface area is 160 Å². The van der Waals surface area contributed by atoms with Gasteiger partial charge in [0.15, 0.2) is 11.3 Å². The van der Waals surface area contributed by atoms with Crippen LogP contribution >= 0.6 is 0 Å². The molecule has 0 bridgehead atoms. The molecule has 0 saturated carbocycles. The Morgan fingerprint density at radius 2 is 1.93 bits per heavy atom. The highest BCUT2D eigenvalue weighted by molar-refractivity contribution is 5.70. The number of fused-ring (bicyclic) bond motifs is 3. The third-order valence-corrected chi connectivity index (χ3v) is 5.27. The summed E-state index contributed by atoms with van der Waals surface area (Å²) in [5.74, 6) is 1.08. The molecular weight excluding hydrogens is 342 g/mol. The van der Waals surface area contributed by atoms with Crippen molar-refractivity contribution >= 4 is 0 Å². The summed E-state index contributed by atoms with van der Waals surface area (Å²) in [6, 6.07) is 8.18. The van der Waals surface area contributed by atoms with Crippen molar-refractivity contribution in [2.45, 2.75) is 45.8 Å². The molecule has 1 aromatic carbocycles. The molecule has 0 amide bonds. The van der Waals surface area contributed by atoms with Gasteiger partial charge in [-0.15, -0.1) is 0 Å². The summed E-state index contributed by atoms with van der Waals surface area (Å²) in [7, 11) is 3.26. The average Bonchev–Trinajstić information content (AvgIpc) is 2.67. The number of ether oxygens (including phenoxy) is 3. The summed E-state index contributed by atoms with van der Waals surface area (Å²) in [6.07, 6.45) is 0.750. The topological polar surface area (TPSA) is 49.7 Å². The lowest BCUT2D eigenvalue weighted by atomic mass is 9.90. The normalized spacial score (nSPS) is 14.0. The molecule has 3 rings (SSSR count). The van der Waals surface area contributed by atoms with Gasteiger partial charge in [-0.1, -0.05) is 32.0 Å². The maximum absolute atomic E-state index is 12.6. The van der Waals surface area contributed by atoms with E-state index in [0.717, 1.165) is 29.8 Å². The molecule has 0 N–H and O–H groups in total. The van der Waals surface area contributed by atoms with Gasteiger partial charge >= 0.3 is 0 Å². The van der Waals surface area contributed by atoms with E-state index < -0.39 is 0 Å². The lowest BCUT2D eigenvalue weighted by molar-refractivity contribution is -0.000948. The highest BCUT2D eigenvalue weighted by atomic mass is 16.6. The number of rotatable bonds is 7. The van der Waals surface area contributed by atoms with Crippen molar-refractivity contribution in [2.24, 2.45) is 0 Å². The second-order valence-corrected chi connectivity index (χ2v) is 7.42. The molecule has 0 saturated heterocycles. The Morgan fingerprint density at radius 3 is 2.59 bits per heavy atom. The van der Waals surface area contributed by atoms with E-state index in [1.807, 2.05) is 6.92 Å². The number of methoxy groups -OCH3 is 2. The van der Waals surface area contributed by atoms with Crippen molar-refractivity contribution in [3.8, 4) is 17.1 Å². The Morgan fingerprint density at radius 1 is 1.15 bits per heavy atom. The van der Waals surface area contributed by atoms with Crippen molar-refractivity contribution in [1.29, 1.82) is 0 Å². The zero-order chi connectivity index (χ0) is 19.6. The molecule has 1 aliphatic heterocycles. The van der Waals surface area contributed by atoms with Gasteiger partial charge in [0, 0.05) is 38.0 Å². The monoisotopic (exact) mass is 371 g/mol. The van der Waals surface area contributed by atoms with Crippen molar-refractivity contribution in [2.75, 3.05) is 27.4 Å². The average molecular weight is 371 g/mol. The molecule has 1 aromatic heterocycles. The van der Waals surface area contributed by atoms with Crippen molar-refractivity contribution in [3.63, 3.8) is 0 Å². The van der Waals surface area contributed by atoms with Gasteiger partial charge in [-0.2, -0.15) is 0 Å². The zero-order valence-electron chi connectivity index (χ0n) is 16.9. The van der Waals surface area contributed by atoms with Crippen LogP contribution in [0.15, 0.2) is 29.1 Å². The predicted molar refractivity (Wildman–Crippen MR) is 107 cm³/mol. The first kappa shape index (κ1) is 19.6. The lowest BCUT2D eigenvalue weighted by Crippen LogP contribution is -2.28. The maximum atomic E-state index is 12.6. The smallest absolute Gasteiger partial charge is 0.197 e. The quantitative estimate of drug-likeness (QED) is 0.747. The number of pyridine rings is 1. The number of nitrogens with zero attached hydrogens (tertiary/aromatic N) is 1. The zero-order valence-corrected chi connectivity index (χ0v) is 16.9. The highest BCUT2D eigenvalue weighted by Crippen LogP contribution is 2.35. The fourth-order valence-electron chi connectivity index (χ4n) is 3.61. The lowest BCUT2D eigenvalue weighted by Gasteiger charge is -2.28. The molecule has 0 spiro atoms. The van der Waals surface area contributed by atoms with Crippen LogP contribution in [0.5, 0.6) is 5.88 Å². The van der Waals surface area contributed by atoms with E-state index in [0.29, 0.717) is 25.0 Å². The van der Waals surface area contributed by atoms with Gasteiger partial charge in [0.2, 0.25) is 0 Å². The minimum absolute atomic E-state index is 0.00209. The van der Waals surface area contributed by atoms with Gasteiger partial charge in [-0.3, -0.25) is 4.79 Å². The molecule has 5 nitrogen and oxygen atoms in total. The van der Waals surface area contributed by atoms with Gasteiger partial charge < -0.3 is 18.8 Å².